The monoisotopic (exact) mass is 308 g/mol. The minimum atomic E-state index is -3.52. The lowest BCUT2D eigenvalue weighted by molar-refractivity contribution is 0.217. The number of thiocarbonyl (C=S) groups is 1. The zero-order chi connectivity index (χ0) is 13.8. The first kappa shape index (κ1) is 15.2. The lowest BCUT2D eigenvalue weighted by atomic mass is 10.2. The Morgan fingerprint density at radius 1 is 1.56 bits per heavy atom. The van der Waals surface area contributed by atoms with Gasteiger partial charge < -0.3 is 10.5 Å². The van der Waals surface area contributed by atoms with E-state index in [2.05, 4.69) is 4.72 Å². The van der Waals surface area contributed by atoms with Gasteiger partial charge in [0.1, 0.15) is 4.99 Å². The molecule has 0 unspecified atom stereocenters. The summed E-state index contributed by atoms with van der Waals surface area (Å²) in [6.45, 7) is 0.0955. The molecule has 1 aromatic carbocycles. The average molecular weight is 309 g/mol. The number of nitrogens with two attached hydrogens (primary N) is 1. The summed E-state index contributed by atoms with van der Waals surface area (Å²) in [4.78, 5) is 0.0936. The highest BCUT2D eigenvalue weighted by molar-refractivity contribution is 7.92. The molecule has 0 spiro atoms. The number of rotatable bonds is 6. The SMILES string of the molecule is COCCS(=O)(=O)Nc1cc(Cl)ccc1C(N)=S. The van der Waals surface area contributed by atoms with Gasteiger partial charge >= 0.3 is 0 Å². The van der Waals surface area contributed by atoms with Crippen LogP contribution < -0.4 is 10.5 Å². The Balaban J connectivity index is 3.02. The van der Waals surface area contributed by atoms with Crippen LogP contribution in [0.25, 0.3) is 0 Å². The molecular weight excluding hydrogens is 296 g/mol. The molecule has 0 saturated carbocycles. The van der Waals surface area contributed by atoms with Crippen molar-refractivity contribution >= 4 is 44.5 Å². The molecule has 100 valence electrons. The zero-order valence-corrected chi connectivity index (χ0v) is 12.0. The van der Waals surface area contributed by atoms with Gasteiger partial charge in [0.05, 0.1) is 18.0 Å². The summed E-state index contributed by atoms with van der Waals surface area (Å²) in [7, 11) is -2.09. The number of anilines is 1. The summed E-state index contributed by atoms with van der Waals surface area (Å²) < 4.78 is 30.6. The molecule has 8 heteroatoms. The number of benzene rings is 1. The third-order valence-corrected chi connectivity index (χ3v) is 3.76. The zero-order valence-electron chi connectivity index (χ0n) is 9.64. The summed E-state index contributed by atoms with van der Waals surface area (Å²) in [5.41, 5.74) is 6.21. The Morgan fingerprint density at radius 2 is 2.22 bits per heavy atom. The van der Waals surface area contributed by atoms with E-state index in [0.717, 1.165) is 0 Å². The van der Waals surface area contributed by atoms with Gasteiger partial charge in [0.15, 0.2) is 0 Å². The van der Waals surface area contributed by atoms with Crippen molar-refractivity contribution in [2.75, 3.05) is 24.2 Å². The van der Waals surface area contributed by atoms with E-state index < -0.39 is 10.0 Å². The highest BCUT2D eigenvalue weighted by Gasteiger charge is 2.14. The van der Waals surface area contributed by atoms with E-state index in [1.54, 1.807) is 12.1 Å². The first-order chi connectivity index (χ1) is 8.35. The van der Waals surface area contributed by atoms with E-state index in [9.17, 15) is 8.42 Å². The summed E-state index contributed by atoms with van der Waals surface area (Å²) in [5.74, 6) is -0.160. The number of hydrogen-bond acceptors (Lipinski definition) is 4. The van der Waals surface area contributed by atoms with Crippen molar-refractivity contribution in [2.45, 2.75) is 0 Å². The van der Waals surface area contributed by atoms with Gasteiger partial charge in [0, 0.05) is 17.7 Å². The number of ether oxygens (including phenoxy) is 1. The van der Waals surface area contributed by atoms with Gasteiger partial charge in [-0.2, -0.15) is 0 Å². The molecule has 0 radical (unpaired) electrons. The first-order valence-electron chi connectivity index (χ1n) is 4.94. The van der Waals surface area contributed by atoms with Crippen LogP contribution >= 0.6 is 23.8 Å². The molecule has 3 N–H and O–H groups in total. The highest BCUT2D eigenvalue weighted by Crippen LogP contribution is 2.22. The summed E-state index contributed by atoms with van der Waals surface area (Å²) >= 11 is 10.7. The number of methoxy groups -OCH3 is 1. The molecule has 0 aromatic heterocycles. The van der Waals surface area contributed by atoms with E-state index in [4.69, 9.17) is 34.3 Å². The molecule has 1 rings (SSSR count). The van der Waals surface area contributed by atoms with Crippen molar-refractivity contribution in [3.8, 4) is 0 Å². The Bertz CT molecular complexity index is 546. The normalized spacial score (nSPS) is 11.2. The van der Waals surface area contributed by atoms with Crippen molar-refractivity contribution in [1.82, 2.24) is 0 Å². The number of nitrogens with one attached hydrogen (secondary N) is 1. The lowest BCUT2D eigenvalue weighted by Crippen LogP contribution is -2.22. The molecule has 5 nitrogen and oxygen atoms in total. The van der Waals surface area contributed by atoms with Crippen LogP contribution in [0.4, 0.5) is 5.69 Å². The van der Waals surface area contributed by atoms with Crippen LogP contribution in [-0.2, 0) is 14.8 Å². The van der Waals surface area contributed by atoms with Gasteiger partial charge in [-0.05, 0) is 18.2 Å². The summed E-state index contributed by atoms with van der Waals surface area (Å²) in [6, 6.07) is 4.61. The number of hydrogen-bond donors (Lipinski definition) is 2. The topological polar surface area (TPSA) is 81.4 Å². The van der Waals surface area contributed by atoms with Crippen LogP contribution in [0.1, 0.15) is 5.56 Å². The van der Waals surface area contributed by atoms with Crippen LogP contribution in [0.15, 0.2) is 18.2 Å². The predicted octanol–water partition coefficient (Wildman–Crippen LogP) is 1.36. The van der Waals surface area contributed by atoms with E-state index in [-0.39, 0.29) is 23.0 Å². The minimum Gasteiger partial charge on any atom is -0.389 e. The first-order valence-corrected chi connectivity index (χ1v) is 7.38. The number of sulfonamides is 1. The van der Waals surface area contributed by atoms with Gasteiger partial charge in [0.2, 0.25) is 10.0 Å². The Labute approximate surface area is 116 Å². The Hall–Kier alpha value is -0.890. The molecular formula is C10H13ClN2O3S2. The van der Waals surface area contributed by atoms with E-state index >= 15 is 0 Å². The minimum absolute atomic E-state index is 0.0936. The molecule has 0 atom stereocenters. The van der Waals surface area contributed by atoms with Gasteiger partial charge in [-0.25, -0.2) is 8.42 Å². The second kappa shape index (κ2) is 6.33. The third-order valence-electron chi connectivity index (χ3n) is 2.07. The molecule has 0 aliphatic carbocycles. The second-order valence-corrected chi connectivity index (χ2v) is 6.19. The average Bonchev–Trinajstić information content (AvgIpc) is 2.25. The van der Waals surface area contributed by atoms with Gasteiger partial charge in [0.25, 0.3) is 0 Å². The van der Waals surface area contributed by atoms with Crippen molar-refractivity contribution < 1.29 is 13.2 Å². The van der Waals surface area contributed by atoms with Crippen LogP contribution in [0.5, 0.6) is 0 Å². The van der Waals surface area contributed by atoms with Gasteiger partial charge in [-0.15, -0.1) is 0 Å². The fraction of sp³-hybridized carbons (Fsp3) is 0.300. The van der Waals surface area contributed by atoms with Crippen molar-refractivity contribution in [1.29, 1.82) is 0 Å². The Morgan fingerprint density at radius 3 is 2.78 bits per heavy atom. The van der Waals surface area contributed by atoms with Crippen LogP contribution in [0, 0.1) is 0 Å². The van der Waals surface area contributed by atoms with Crippen LogP contribution in [0.2, 0.25) is 5.02 Å². The fourth-order valence-electron chi connectivity index (χ4n) is 1.23. The maximum absolute atomic E-state index is 11.7. The fourth-order valence-corrected chi connectivity index (χ4v) is 2.57. The quantitative estimate of drug-likeness (QED) is 0.776. The van der Waals surface area contributed by atoms with E-state index in [0.29, 0.717) is 10.6 Å². The molecule has 18 heavy (non-hydrogen) atoms. The molecule has 0 bridgehead atoms. The molecule has 0 aliphatic rings. The number of halogens is 1. The second-order valence-electron chi connectivity index (χ2n) is 3.47. The van der Waals surface area contributed by atoms with Crippen LogP contribution in [0.3, 0.4) is 0 Å². The van der Waals surface area contributed by atoms with Gasteiger partial charge in [-0.3, -0.25) is 4.72 Å². The van der Waals surface area contributed by atoms with Crippen molar-refractivity contribution in [3.63, 3.8) is 0 Å². The van der Waals surface area contributed by atoms with Crippen molar-refractivity contribution in [3.05, 3.63) is 28.8 Å². The lowest BCUT2D eigenvalue weighted by Gasteiger charge is -2.12. The Kier molecular flexibility index (Phi) is 5.33. The maximum atomic E-state index is 11.7. The third kappa shape index (κ3) is 4.41. The van der Waals surface area contributed by atoms with E-state index in [1.807, 2.05) is 0 Å². The highest BCUT2D eigenvalue weighted by atomic mass is 35.5. The molecule has 0 amide bonds. The summed E-state index contributed by atoms with van der Waals surface area (Å²) in [6.07, 6.45) is 0. The maximum Gasteiger partial charge on any atom is 0.235 e. The molecule has 1 aromatic rings. The predicted molar refractivity (Wildman–Crippen MR) is 76.6 cm³/mol. The molecule has 0 fully saturated rings. The van der Waals surface area contributed by atoms with E-state index in [1.165, 1.54) is 13.2 Å². The summed E-state index contributed by atoms with van der Waals surface area (Å²) in [5, 5.41) is 0.388. The largest absolute Gasteiger partial charge is 0.389 e. The van der Waals surface area contributed by atoms with Crippen LogP contribution in [-0.4, -0.2) is 32.9 Å². The van der Waals surface area contributed by atoms with Gasteiger partial charge in [-0.1, -0.05) is 23.8 Å². The standard InChI is InChI=1S/C10H13ClN2O3S2/c1-16-4-5-18(14,15)13-9-6-7(11)2-3-8(9)10(12)17/h2-3,6,13H,4-5H2,1H3,(H2,12,17). The van der Waals surface area contributed by atoms with Crippen molar-refractivity contribution in [2.24, 2.45) is 5.73 Å². The smallest absolute Gasteiger partial charge is 0.235 e. The molecule has 0 heterocycles. The molecule has 0 aliphatic heterocycles. The molecule has 0 saturated heterocycles.